The van der Waals surface area contributed by atoms with E-state index < -0.39 is 17.7 Å². The van der Waals surface area contributed by atoms with Crippen molar-refractivity contribution in [1.82, 2.24) is 4.98 Å². The minimum atomic E-state index is -1.13. The molecule has 2 rings (SSSR count). The number of carboxylic acid groups (broad SMARTS) is 1. The van der Waals surface area contributed by atoms with Crippen LogP contribution in [0.15, 0.2) is 23.6 Å². The number of nitrogens with zero attached hydrogens (tertiary/aromatic N) is 1. The monoisotopic (exact) mass is 296 g/mol. The highest BCUT2D eigenvalue weighted by Crippen LogP contribution is 2.22. The molecular weight excluding hydrogens is 287 g/mol. The van der Waals surface area contributed by atoms with E-state index in [0.29, 0.717) is 5.69 Å². The molecular formula is C12H9FN2O4S. The highest BCUT2D eigenvalue weighted by Gasteiger charge is 2.16. The summed E-state index contributed by atoms with van der Waals surface area (Å²) in [6.45, 7) is -0.0898. The van der Waals surface area contributed by atoms with Crippen molar-refractivity contribution in [2.45, 2.75) is 6.61 Å². The van der Waals surface area contributed by atoms with E-state index in [1.165, 1.54) is 17.5 Å². The topological polar surface area (TPSA) is 103 Å². The highest BCUT2D eigenvalue weighted by molar-refractivity contribution is 7.11. The minimum absolute atomic E-state index is 0.0117. The Kier molecular flexibility index (Phi) is 3.94. The number of amides is 1. The first kappa shape index (κ1) is 13.9. The number of aromatic carboxylic acids is 1. The molecule has 0 aliphatic heterocycles. The average Bonchev–Trinajstić information content (AvgIpc) is 2.84. The van der Waals surface area contributed by atoms with Crippen LogP contribution in [0.25, 0.3) is 0 Å². The molecule has 104 valence electrons. The summed E-state index contributed by atoms with van der Waals surface area (Å²) in [7, 11) is 0. The molecule has 2 aromatic rings. The molecule has 20 heavy (non-hydrogen) atoms. The quantitative estimate of drug-likeness (QED) is 0.873. The molecule has 0 aliphatic rings. The Labute approximate surface area is 116 Å². The molecule has 1 aromatic heterocycles. The Balaban J connectivity index is 2.16. The van der Waals surface area contributed by atoms with Gasteiger partial charge in [0.2, 0.25) is 5.01 Å². The Morgan fingerprint density at radius 1 is 1.45 bits per heavy atom. The summed E-state index contributed by atoms with van der Waals surface area (Å²) >= 11 is 0.950. The number of nitrogens with two attached hydrogens (primary N) is 1. The fourth-order valence-corrected chi connectivity index (χ4v) is 2.13. The number of carbonyl (C=O) groups excluding carboxylic acids is 1. The molecule has 8 heteroatoms. The zero-order valence-corrected chi connectivity index (χ0v) is 10.8. The van der Waals surface area contributed by atoms with Crippen LogP contribution in [-0.2, 0) is 6.61 Å². The van der Waals surface area contributed by atoms with Crippen molar-refractivity contribution in [3.8, 4) is 5.75 Å². The standard InChI is InChI=1S/C12H9FN2O4S/c13-7-2-1-3-8(9(7)10(14)16)19-4-6-5-20-11(15-6)12(17)18/h1-3,5H,4H2,(H2,14,16)(H,17,18). The van der Waals surface area contributed by atoms with Crippen LogP contribution in [0.5, 0.6) is 5.75 Å². The third-order valence-electron chi connectivity index (χ3n) is 2.33. The van der Waals surface area contributed by atoms with Gasteiger partial charge >= 0.3 is 5.97 Å². The second-order valence-electron chi connectivity index (χ2n) is 3.72. The first-order valence-electron chi connectivity index (χ1n) is 5.38. The van der Waals surface area contributed by atoms with Gasteiger partial charge in [-0.1, -0.05) is 6.07 Å². The third kappa shape index (κ3) is 2.91. The predicted molar refractivity (Wildman–Crippen MR) is 68.3 cm³/mol. The van der Waals surface area contributed by atoms with E-state index in [4.69, 9.17) is 15.6 Å². The zero-order valence-electron chi connectivity index (χ0n) is 10.00. The van der Waals surface area contributed by atoms with Crippen molar-refractivity contribution in [3.05, 3.63) is 45.7 Å². The summed E-state index contributed by atoms with van der Waals surface area (Å²) < 4.78 is 18.7. The molecule has 1 heterocycles. The lowest BCUT2D eigenvalue weighted by molar-refractivity contribution is 0.0696. The van der Waals surface area contributed by atoms with Crippen LogP contribution < -0.4 is 10.5 Å². The number of aromatic nitrogens is 1. The first-order valence-corrected chi connectivity index (χ1v) is 6.26. The molecule has 0 bridgehead atoms. The number of hydrogen-bond donors (Lipinski definition) is 2. The van der Waals surface area contributed by atoms with Crippen molar-refractivity contribution in [3.63, 3.8) is 0 Å². The van der Waals surface area contributed by atoms with E-state index in [-0.39, 0.29) is 22.9 Å². The molecule has 3 N–H and O–H groups in total. The molecule has 0 aliphatic carbocycles. The first-order chi connectivity index (χ1) is 9.49. The van der Waals surface area contributed by atoms with Crippen molar-refractivity contribution in [2.75, 3.05) is 0 Å². The summed E-state index contributed by atoms with van der Waals surface area (Å²) in [6.07, 6.45) is 0. The average molecular weight is 296 g/mol. The van der Waals surface area contributed by atoms with E-state index in [0.717, 1.165) is 17.4 Å². The Bertz CT molecular complexity index is 671. The number of thiazole rings is 1. The van der Waals surface area contributed by atoms with E-state index in [1.54, 1.807) is 0 Å². The third-order valence-corrected chi connectivity index (χ3v) is 3.21. The van der Waals surface area contributed by atoms with E-state index >= 15 is 0 Å². The van der Waals surface area contributed by atoms with Gasteiger partial charge in [0.25, 0.3) is 5.91 Å². The Morgan fingerprint density at radius 3 is 2.80 bits per heavy atom. The lowest BCUT2D eigenvalue weighted by atomic mass is 10.2. The van der Waals surface area contributed by atoms with Crippen molar-refractivity contribution in [2.24, 2.45) is 5.73 Å². The van der Waals surface area contributed by atoms with Crippen LogP contribution in [-0.4, -0.2) is 22.0 Å². The summed E-state index contributed by atoms with van der Waals surface area (Å²) in [4.78, 5) is 25.6. The van der Waals surface area contributed by atoms with Crippen molar-refractivity contribution < 1.29 is 23.8 Å². The molecule has 0 radical (unpaired) electrons. The van der Waals surface area contributed by atoms with Crippen LogP contribution in [0, 0.1) is 5.82 Å². The van der Waals surface area contributed by atoms with Gasteiger partial charge in [-0.25, -0.2) is 14.2 Å². The van der Waals surface area contributed by atoms with E-state index in [2.05, 4.69) is 4.98 Å². The molecule has 0 unspecified atom stereocenters. The van der Waals surface area contributed by atoms with Crippen molar-refractivity contribution in [1.29, 1.82) is 0 Å². The molecule has 1 amide bonds. The lowest BCUT2D eigenvalue weighted by Gasteiger charge is -2.08. The van der Waals surface area contributed by atoms with Gasteiger partial charge in [0.1, 0.15) is 23.7 Å². The molecule has 0 spiro atoms. The van der Waals surface area contributed by atoms with Gasteiger partial charge in [-0.3, -0.25) is 4.79 Å². The zero-order chi connectivity index (χ0) is 14.7. The maximum absolute atomic E-state index is 13.5. The van der Waals surface area contributed by atoms with Gasteiger partial charge in [0, 0.05) is 5.38 Å². The number of primary amides is 1. The van der Waals surface area contributed by atoms with Crippen LogP contribution in [0.2, 0.25) is 0 Å². The van der Waals surface area contributed by atoms with E-state index in [9.17, 15) is 14.0 Å². The summed E-state index contributed by atoms with van der Waals surface area (Å²) in [6, 6.07) is 3.87. The van der Waals surface area contributed by atoms with E-state index in [1.807, 2.05) is 0 Å². The van der Waals surface area contributed by atoms with Gasteiger partial charge in [-0.05, 0) is 12.1 Å². The SMILES string of the molecule is NC(=O)c1c(F)cccc1OCc1csc(C(=O)O)n1. The summed E-state index contributed by atoms with van der Waals surface area (Å²) in [5, 5.41) is 10.2. The summed E-state index contributed by atoms with van der Waals surface area (Å²) in [5.74, 6) is -2.87. The predicted octanol–water partition coefficient (Wildman–Crippen LogP) is 1.66. The van der Waals surface area contributed by atoms with Gasteiger partial charge in [-0.15, -0.1) is 11.3 Å². The maximum Gasteiger partial charge on any atom is 0.365 e. The normalized spacial score (nSPS) is 10.2. The van der Waals surface area contributed by atoms with Crippen LogP contribution >= 0.6 is 11.3 Å². The molecule has 1 aromatic carbocycles. The number of rotatable bonds is 5. The molecule has 0 fully saturated rings. The Hall–Kier alpha value is -2.48. The number of carbonyl (C=O) groups is 2. The minimum Gasteiger partial charge on any atom is -0.486 e. The smallest absolute Gasteiger partial charge is 0.365 e. The molecule has 0 saturated carbocycles. The fourth-order valence-electron chi connectivity index (χ4n) is 1.49. The Morgan fingerprint density at radius 2 is 2.20 bits per heavy atom. The van der Waals surface area contributed by atoms with Crippen LogP contribution in [0.1, 0.15) is 25.9 Å². The van der Waals surface area contributed by atoms with Crippen LogP contribution in [0.4, 0.5) is 4.39 Å². The number of hydrogen-bond acceptors (Lipinski definition) is 5. The number of benzene rings is 1. The molecule has 6 nitrogen and oxygen atoms in total. The van der Waals surface area contributed by atoms with Crippen molar-refractivity contribution >= 4 is 23.2 Å². The number of ether oxygens (including phenoxy) is 1. The lowest BCUT2D eigenvalue weighted by Crippen LogP contribution is -2.15. The second-order valence-corrected chi connectivity index (χ2v) is 4.57. The largest absolute Gasteiger partial charge is 0.486 e. The number of halogens is 1. The van der Waals surface area contributed by atoms with Crippen LogP contribution in [0.3, 0.4) is 0 Å². The molecule has 0 atom stereocenters. The van der Waals surface area contributed by atoms with Gasteiger partial charge in [-0.2, -0.15) is 0 Å². The highest BCUT2D eigenvalue weighted by atomic mass is 32.1. The summed E-state index contributed by atoms with van der Waals surface area (Å²) in [5.41, 5.74) is 5.10. The van der Waals surface area contributed by atoms with Gasteiger partial charge in [0.05, 0.1) is 5.69 Å². The molecule has 0 saturated heterocycles. The second kappa shape index (κ2) is 5.66. The number of carboxylic acids is 1. The van der Waals surface area contributed by atoms with Gasteiger partial charge < -0.3 is 15.6 Å². The van der Waals surface area contributed by atoms with Gasteiger partial charge in [0.15, 0.2) is 0 Å². The maximum atomic E-state index is 13.5. The fraction of sp³-hybridized carbons (Fsp3) is 0.0833.